The predicted molar refractivity (Wildman–Crippen MR) is 118 cm³/mol. The van der Waals surface area contributed by atoms with E-state index in [0.29, 0.717) is 35.1 Å². The van der Waals surface area contributed by atoms with Crippen LogP contribution in [0.2, 0.25) is 0 Å². The second kappa shape index (κ2) is 7.45. The molecule has 2 bridgehead atoms. The maximum Gasteiger partial charge on any atom is 0.242 e. The van der Waals surface area contributed by atoms with Crippen molar-refractivity contribution in [1.29, 1.82) is 5.26 Å². The van der Waals surface area contributed by atoms with E-state index in [9.17, 15) is 5.26 Å². The molecule has 1 spiro atoms. The van der Waals surface area contributed by atoms with Crippen molar-refractivity contribution in [2.75, 3.05) is 12.3 Å². The van der Waals surface area contributed by atoms with E-state index in [0.717, 1.165) is 36.1 Å². The number of hydrogen-bond acceptors (Lipinski definition) is 7. The topological polar surface area (TPSA) is 108 Å². The van der Waals surface area contributed by atoms with Crippen molar-refractivity contribution in [2.24, 2.45) is 7.05 Å². The minimum atomic E-state index is -0.449. The van der Waals surface area contributed by atoms with Crippen molar-refractivity contribution in [3.63, 3.8) is 0 Å². The van der Waals surface area contributed by atoms with E-state index in [4.69, 9.17) is 19.9 Å². The summed E-state index contributed by atoms with van der Waals surface area (Å²) in [5, 5.41) is 14.2. The lowest BCUT2D eigenvalue weighted by Gasteiger charge is -2.41. The summed E-state index contributed by atoms with van der Waals surface area (Å²) >= 11 is 0. The van der Waals surface area contributed by atoms with Gasteiger partial charge in [-0.25, -0.2) is 4.98 Å². The van der Waals surface area contributed by atoms with E-state index in [2.05, 4.69) is 22.2 Å². The zero-order chi connectivity index (χ0) is 22.5. The van der Waals surface area contributed by atoms with Gasteiger partial charge in [0.25, 0.3) is 0 Å². The van der Waals surface area contributed by atoms with E-state index in [1.165, 1.54) is 4.68 Å². The number of hydrogen-bond donors (Lipinski definition) is 1. The molecule has 32 heavy (non-hydrogen) atoms. The van der Waals surface area contributed by atoms with Gasteiger partial charge in [-0.1, -0.05) is 11.6 Å². The summed E-state index contributed by atoms with van der Waals surface area (Å²) < 4.78 is 20.6. The van der Waals surface area contributed by atoms with Crippen molar-refractivity contribution in [2.45, 2.75) is 44.8 Å². The fraction of sp³-hybridized carbons (Fsp3) is 0.375. The van der Waals surface area contributed by atoms with Crippen LogP contribution in [0.4, 0.5) is 5.82 Å². The molecule has 1 aromatic carbocycles. The van der Waals surface area contributed by atoms with Crippen molar-refractivity contribution in [1.82, 2.24) is 14.8 Å². The largest absolute Gasteiger partial charge is 0.483 e. The third-order valence-electron chi connectivity index (χ3n) is 6.26. The number of nitrogen functional groups attached to an aromatic ring is 1. The number of nitrogens with zero attached hydrogens (tertiary/aromatic N) is 4. The molecule has 5 rings (SSSR count). The van der Waals surface area contributed by atoms with Crippen molar-refractivity contribution < 1.29 is 14.2 Å². The van der Waals surface area contributed by atoms with Gasteiger partial charge in [-0.05, 0) is 51.3 Å². The van der Waals surface area contributed by atoms with Crippen LogP contribution in [0.25, 0.3) is 11.1 Å². The maximum absolute atomic E-state index is 9.76. The molecule has 0 radical (unpaired) electrons. The van der Waals surface area contributed by atoms with Gasteiger partial charge in [0, 0.05) is 24.4 Å². The molecule has 1 aliphatic carbocycles. The Hall–Kier alpha value is -3.73. The number of aryl methyl sites for hydroxylation is 2. The first-order valence-electron chi connectivity index (χ1n) is 10.7. The number of fused-ring (bicyclic) bond motifs is 5. The van der Waals surface area contributed by atoms with Gasteiger partial charge < -0.3 is 19.9 Å². The molecule has 3 heterocycles. The second-order valence-electron chi connectivity index (χ2n) is 8.60. The summed E-state index contributed by atoms with van der Waals surface area (Å²) in [6.07, 6.45) is 4.11. The number of aromatic nitrogens is 3. The highest BCUT2D eigenvalue weighted by Crippen LogP contribution is 2.43. The monoisotopic (exact) mass is 431 g/mol. The summed E-state index contributed by atoms with van der Waals surface area (Å²) in [5.41, 5.74) is 9.35. The Morgan fingerprint density at radius 3 is 2.78 bits per heavy atom. The second-order valence-corrected chi connectivity index (χ2v) is 8.60. The number of nitrogens with two attached hydrogens (primary N) is 1. The quantitative estimate of drug-likeness (QED) is 0.571. The molecule has 8 heteroatoms. The molecule has 1 saturated carbocycles. The molecule has 2 N–H and O–H groups in total. The third kappa shape index (κ3) is 3.30. The van der Waals surface area contributed by atoms with Gasteiger partial charge in [0.15, 0.2) is 11.6 Å². The van der Waals surface area contributed by atoms with Crippen LogP contribution in [0.1, 0.15) is 49.1 Å². The smallest absolute Gasteiger partial charge is 0.242 e. The number of benzene rings is 1. The van der Waals surface area contributed by atoms with Gasteiger partial charge in [0.05, 0.1) is 5.56 Å². The molecule has 1 fully saturated rings. The van der Waals surface area contributed by atoms with Crippen molar-refractivity contribution >= 4 is 5.82 Å². The van der Waals surface area contributed by atoms with Gasteiger partial charge in [-0.2, -0.15) is 5.26 Å². The van der Waals surface area contributed by atoms with E-state index >= 15 is 0 Å². The first-order chi connectivity index (χ1) is 15.4. The summed E-state index contributed by atoms with van der Waals surface area (Å²) in [6, 6.07) is 10.1. The summed E-state index contributed by atoms with van der Waals surface area (Å²) in [7, 11) is 1.72. The molecule has 0 unspecified atom stereocenters. The molecule has 8 nitrogen and oxygen atoms in total. The highest BCUT2D eigenvalue weighted by Gasteiger charge is 2.42. The van der Waals surface area contributed by atoms with Crippen molar-refractivity contribution in [3.05, 3.63) is 47.3 Å². The van der Waals surface area contributed by atoms with Gasteiger partial charge in [0.2, 0.25) is 5.88 Å². The zero-order valence-electron chi connectivity index (χ0n) is 18.4. The van der Waals surface area contributed by atoms with Gasteiger partial charge in [-0.15, -0.1) is 5.10 Å². The lowest BCUT2D eigenvalue weighted by Crippen LogP contribution is -2.48. The predicted octanol–water partition coefficient (Wildman–Crippen LogP) is 4.08. The minimum absolute atomic E-state index is 0.269. The SMILES string of the molecule is Cc1ccc2c(c1)[C@@H](C)Oc1cc(cnc1N)-c1c(nn(C)c1C#N)OCC1(CCC1)O2. The van der Waals surface area contributed by atoms with E-state index in [1.54, 1.807) is 19.3 Å². The average molecular weight is 431 g/mol. The molecule has 2 aromatic heterocycles. The summed E-state index contributed by atoms with van der Waals surface area (Å²) in [4.78, 5) is 4.32. The molecule has 1 aliphatic heterocycles. The lowest BCUT2D eigenvalue weighted by atomic mass is 9.80. The standard InChI is InChI=1S/C24H25N5O3/c1-14-5-6-19-17(9-14)15(2)31-20-10-16(12-27-22(20)26)21-18(11-25)29(3)28-23(21)30-13-24(32-19)7-4-8-24/h5-6,9-10,12,15H,4,7-8,13H2,1-3H3,(H2,26,27)/t15-/m1/s1. The number of rotatable bonds is 0. The van der Waals surface area contributed by atoms with Gasteiger partial charge in [0.1, 0.15) is 35.8 Å². The summed E-state index contributed by atoms with van der Waals surface area (Å²) in [6.45, 7) is 4.34. The fourth-order valence-electron chi connectivity index (χ4n) is 4.29. The first-order valence-corrected chi connectivity index (χ1v) is 10.7. The highest BCUT2D eigenvalue weighted by atomic mass is 16.6. The fourth-order valence-corrected chi connectivity index (χ4v) is 4.29. The number of ether oxygens (including phenoxy) is 3. The molecule has 0 amide bonds. The molecule has 3 aromatic rings. The minimum Gasteiger partial charge on any atom is -0.483 e. The Labute approximate surface area is 186 Å². The third-order valence-corrected chi connectivity index (χ3v) is 6.26. The Morgan fingerprint density at radius 2 is 2.06 bits per heavy atom. The zero-order valence-corrected chi connectivity index (χ0v) is 18.4. The van der Waals surface area contributed by atoms with E-state index < -0.39 is 5.60 Å². The van der Waals surface area contributed by atoms with Crippen molar-refractivity contribution in [3.8, 4) is 34.6 Å². The Morgan fingerprint density at radius 1 is 1.25 bits per heavy atom. The Kier molecular flexibility index (Phi) is 4.70. The van der Waals surface area contributed by atoms with Crippen LogP contribution >= 0.6 is 0 Å². The van der Waals surface area contributed by atoms with Crippen LogP contribution in [0.15, 0.2) is 30.5 Å². The molecule has 1 atom stereocenters. The van der Waals surface area contributed by atoms with Crippen LogP contribution in [-0.4, -0.2) is 27.0 Å². The normalized spacial score (nSPS) is 18.8. The number of nitriles is 1. The maximum atomic E-state index is 9.76. The van der Waals surface area contributed by atoms with E-state index in [-0.39, 0.29) is 11.9 Å². The van der Waals surface area contributed by atoms with Crippen LogP contribution in [0.5, 0.6) is 17.4 Å². The van der Waals surface area contributed by atoms with E-state index in [1.807, 2.05) is 26.0 Å². The van der Waals surface area contributed by atoms with Crippen LogP contribution < -0.4 is 19.9 Å². The Bertz CT molecular complexity index is 1240. The lowest BCUT2D eigenvalue weighted by molar-refractivity contribution is -0.0460. The van der Waals surface area contributed by atoms with Gasteiger partial charge >= 0.3 is 0 Å². The van der Waals surface area contributed by atoms with Gasteiger partial charge in [-0.3, -0.25) is 4.68 Å². The molecule has 2 aliphatic rings. The van der Waals surface area contributed by atoms with Crippen LogP contribution in [0.3, 0.4) is 0 Å². The molecular weight excluding hydrogens is 406 g/mol. The highest BCUT2D eigenvalue weighted by molar-refractivity contribution is 5.75. The Balaban J connectivity index is 1.69. The average Bonchev–Trinajstić information content (AvgIpc) is 3.07. The molecule has 0 saturated heterocycles. The number of pyridine rings is 1. The van der Waals surface area contributed by atoms with Crippen LogP contribution in [0, 0.1) is 18.3 Å². The molecular formula is C24H25N5O3. The summed E-state index contributed by atoms with van der Waals surface area (Å²) in [5.74, 6) is 1.84. The first kappa shape index (κ1) is 20.2. The number of anilines is 1. The molecule has 164 valence electrons. The van der Waals surface area contributed by atoms with Crippen LogP contribution in [-0.2, 0) is 7.05 Å².